The lowest BCUT2D eigenvalue weighted by molar-refractivity contribution is 0.467. The number of pyridine rings is 1. The molecule has 1 aliphatic carbocycles. The highest BCUT2D eigenvalue weighted by Gasteiger charge is 2.23. The topological polar surface area (TPSA) is 47.9 Å². The van der Waals surface area contributed by atoms with Crippen molar-refractivity contribution in [1.29, 1.82) is 0 Å². The summed E-state index contributed by atoms with van der Waals surface area (Å²) in [7, 11) is 0. The molecule has 4 aromatic rings. The van der Waals surface area contributed by atoms with E-state index in [4.69, 9.17) is 14.7 Å². The van der Waals surface area contributed by atoms with Gasteiger partial charge in [-0.25, -0.2) is 4.98 Å². The van der Waals surface area contributed by atoms with Gasteiger partial charge in [0, 0.05) is 22.8 Å². The summed E-state index contributed by atoms with van der Waals surface area (Å²) in [5.41, 5.74) is 4.75. The Morgan fingerprint density at radius 1 is 1.07 bits per heavy atom. The summed E-state index contributed by atoms with van der Waals surface area (Å²) in [5.74, 6) is 2.61. The summed E-state index contributed by atoms with van der Waals surface area (Å²) < 4.78 is 6.49. The number of fused-ring (bicyclic) bond motifs is 3. The predicted molar refractivity (Wildman–Crippen MR) is 123 cm³/mol. The summed E-state index contributed by atoms with van der Waals surface area (Å²) in [4.78, 5) is 16.5. The number of aryl methyl sites for hydroxylation is 3. The van der Waals surface area contributed by atoms with Gasteiger partial charge in [-0.05, 0) is 79.5 Å². The zero-order valence-electron chi connectivity index (χ0n) is 17.6. The van der Waals surface area contributed by atoms with Crippen molar-refractivity contribution >= 4 is 21.6 Å². The monoisotopic (exact) mass is 415 g/mol. The Kier molecular flexibility index (Phi) is 4.99. The van der Waals surface area contributed by atoms with E-state index in [1.54, 1.807) is 17.5 Å². The number of hydrogen-bond donors (Lipinski definition) is 0. The van der Waals surface area contributed by atoms with Crippen molar-refractivity contribution in [1.82, 2.24) is 15.0 Å². The lowest BCUT2D eigenvalue weighted by Crippen LogP contribution is -2.01. The third-order valence-electron chi connectivity index (χ3n) is 5.66. The number of benzene rings is 1. The molecule has 0 N–H and O–H groups in total. The van der Waals surface area contributed by atoms with Gasteiger partial charge in [0.1, 0.15) is 10.6 Å². The molecule has 3 heterocycles. The highest BCUT2D eigenvalue weighted by Crippen LogP contribution is 2.42. The largest absolute Gasteiger partial charge is 0.438 e. The number of rotatable bonds is 4. The van der Waals surface area contributed by atoms with E-state index in [0.717, 1.165) is 34.4 Å². The highest BCUT2D eigenvalue weighted by atomic mass is 32.1. The molecule has 0 saturated heterocycles. The third kappa shape index (κ3) is 3.58. The molecule has 5 heteroatoms. The Morgan fingerprint density at radius 3 is 2.73 bits per heavy atom. The van der Waals surface area contributed by atoms with Gasteiger partial charge in [-0.2, -0.15) is 4.98 Å². The second-order valence-corrected chi connectivity index (χ2v) is 9.40. The van der Waals surface area contributed by atoms with Crippen molar-refractivity contribution < 1.29 is 4.74 Å². The maximum atomic E-state index is 6.49. The standard InChI is InChI=1S/C25H25N3OS/c1-15(2)18-11-16(3)12-19(13-18)29-24-22-20-8-4-5-9-21(20)30-25(22)28-23(27-24)17-7-6-10-26-14-17/h6-7,10-15H,4-5,8-9H2,1-3H3. The molecule has 0 aliphatic heterocycles. The Hall–Kier alpha value is -2.79. The molecule has 152 valence electrons. The van der Waals surface area contributed by atoms with Gasteiger partial charge < -0.3 is 4.74 Å². The van der Waals surface area contributed by atoms with Crippen LogP contribution in [-0.2, 0) is 12.8 Å². The van der Waals surface area contributed by atoms with Crippen LogP contribution in [0.4, 0.5) is 0 Å². The fraction of sp³-hybridized carbons (Fsp3) is 0.320. The number of ether oxygens (including phenoxy) is 1. The number of aromatic nitrogens is 3. The molecule has 0 fully saturated rings. The molecular weight excluding hydrogens is 390 g/mol. The van der Waals surface area contributed by atoms with Gasteiger partial charge in [0.15, 0.2) is 5.82 Å². The fourth-order valence-electron chi connectivity index (χ4n) is 4.10. The number of hydrogen-bond acceptors (Lipinski definition) is 5. The van der Waals surface area contributed by atoms with Crippen molar-refractivity contribution in [2.45, 2.75) is 52.4 Å². The second kappa shape index (κ2) is 7.80. The Bertz CT molecular complexity index is 1210. The molecular formula is C25H25N3OS. The fourth-order valence-corrected chi connectivity index (χ4v) is 5.35. The van der Waals surface area contributed by atoms with Crippen molar-refractivity contribution in [3.63, 3.8) is 0 Å². The number of nitrogens with zero attached hydrogens (tertiary/aromatic N) is 3. The molecule has 0 unspecified atom stereocenters. The minimum Gasteiger partial charge on any atom is -0.438 e. The number of thiophene rings is 1. The average Bonchev–Trinajstić information content (AvgIpc) is 3.12. The first-order chi connectivity index (χ1) is 14.6. The normalized spacial score (nSPS) is 13.6. The van der Waals surface area contributed by atoms with Crippen molar-refractivity contribution in [3.05, 3.63) is 64.3 Å². The molecule has 30 heavy (non-hydrogen) atoms. The highest BCUT2D eigenvalue weighted by molar-refractivity contribution is 7.18. The van der Waals surface area contributed by atoms with Crippen LogP contribution in [0.15, 0.2) is 42.7 Å². The molecule has 0 radical (unpaired) electrons. The molecule has 0 spiro atoms. The second-order valence-electron chi connectivity index (χ2n) is 8.32. The van der Waals surface area contributed by atoms with E-state index in [1.807, 2.05) is 18.3 Å². The van der Waals surface area contributed by atoms with Crippen LogP contribution in [0.1, 0.15) is 54.2 Å². The SMILES string of the molecule is Cc1cc(Oc2nc(-c3cccnc3)nc3sc4c(c23)CCCC4)cc(C(C)C)c1. The average molecular weight is 416 g/mol. The molecule has 0 saturated carbocycles. The van der Waals surface area contributed by atoms with Crippen molar-refractivity contribution in [2.75, 3.05) is 0 Å². The van der Waals surface area contributed by atoms with Crippen LogP contribution in [-0.4, -0.2) is 15.0 Å². The van der Waals surface area contributed by atoms with Gasteiger partial charge in [-0.3, -0.25) is 4.98 Å². The van der Waals surface area contributed by atoms with Crippen LogP contribution in [0, 0.1) is 6.92 Å². The van der Waals surface area contributed by atoms with Crippen LogP contribution in [0.25, 0.3) is 21.6 Å². The summed E-state index contributed by atoms with van der Waals surface area (Å²) in [6, 6.07) is 10.4. The Labute approximate surface area is 181 Å². The summed E-state index contributed by atoms with van der Waals surface area (Å²) in [5, 5.41) is 1.09. The quantitative estimate of drug-likeness (QED) is 0.365. The van der Waals surface area contributed by atoms with Crippen molar-refractivity contribution in [3.8, 4) is 23.0 Å². The van der Waals surface area contributed by atoms with Gasteiger partial charge >= 0.3 is 0 Å². The molecule has 3 aromatic heterocycles. The van der Waals surface area contributed by atoms with Crippen LogP contribution < -0.4 is 4.74 Å². The van der Waals surface area contributed by atoms with Gasteiger partial charge in [0.25, 0.3) is 0 Å². The van der Waals surface area contributed by atoms with E-state index in [2.05, 4.69) is 44.0 Å². The Balaban J connectivity index is 1.68. The Morgan fingerprint density at radius 2 is 1.93 bits per heavy atom. The molecule has 1 aliphatic rings. The lowest BCUT2D eigenvalue weighted by Gasteiger charge is -2.14. The van der Waals surface area contributed by atoms with E-state index in [1.165, 1.54) is 34.4 Å². The van der Waals surface area contributed by atoms with Crippen LogP contribution >= 0.6 is 11.3 Å². The maximum Gasteiger partial charge on any atom is 0.231 e. The smallest absolute Gasteiger partial charge is 0.231 e. The minimum atomic E-state index is 0.442. The third-order valence-corrected chi connectivity index (χ3v) is 6.84. The van der Waals surface area contributed by atoms with Gasteiger partial charge in [-0.15, -0.1) is 11.3 Å². The van der Waals surface area contributed by atoms with Crippen LogP contribution in [0.5, 0.6) is 11.6 Å². The molecule has 0 bridgehead atoms. The molecule has 4 nitrogen and oxygen atoms in total. The van der Waals surface area contributed by atoms with Crippen molar-refractivity contribution in [2.24, 2.45) is 0 Å². The van der Waals surface area contributed by atoms with Gasteiger partial charge in [-0.1, -0.05) is 19.9 Å². The van der Waals surface area contributed by atoms with Crippen LogP contribution in [0.3, 0.4) is 0 Å². The molecule has 0 atom stereocenters. The summed E-state index contributed by atoms with van der Waals surface area (Å²) in [6.45, 7) is 6.52. The summed E-state index contributed by atoms with van der Waals surface area (Å²) in [6.07, 6.45) is 8.23. The maximum absolute atomic E-state index is 6.49. The molecule has 5 rings (SSSR count). The zero-order chi connectivity index (χ0) is 20.7. The van der Waals surface area contributed by atoms with E-state index in [9.17, 15) is 0 Å². The van der Waals surface area contributed by atoms with Gasteiger partial charge in [0.05, 0.1) is 5.39 Å². The van der Waals surface area contributed by atoms with Gasteiger partial charge in [0.2, 0.25) is 5.88 Å². The molecule has 1 aromatic carbocycles. The lowest BCUT2D eigenvalue weighted by atomic mass is 9.97. The summed E-state index contributed by atoms with van der Waals surface area (Å²) >= 11 is 1.79. The van der Waals surface area contributed by atoms with E-state index in [-0.39, 0.29) is 0 Å². The van der Waals surface area contributed by atoms with Crippen LogP contribution in [0.2, 0.25) is 0 Å². The first kappa shape index (κ1) is 19.2. The van der Waals surface area contributed by atoms with E-state index >= 15 is 0 Å². The zero-order valence-corrected chi connectivity index (χ0v) is 18.4. The predicted octanol–water partition coefficient (Wildman–Crippen LogP) is 6.86. The first-order valence-electron chi connectivity index (χ1n) is 10.6. The minimum absolute atomic E-state index is 0.442. The molecule has 0 amide bonds. The van der Waals surface area contributed by atoms with E-state index in [0.29, 0.717) is 17.6 Å². The van der Waals surface area contributed by atoms with E-state index < -0.39 is 0 Å². The first-order valence-corrected chi connectivity index (χ1v) is 11.4.